The van der Waals surface area contributed by atoms with Crippen molar-refractivity contribution in [1.29, 1.82) is 0 Å². The van der Waals surface area contributed by atoms with Gasteiger partial charge in [-0.25, -0.2) is 9.97 Å². The molecule has 2 aromatic heterocycles. The molecule has 1 aromatic carbocycles. The van der Waals surface area contributed by atoms with Crippen molar-refractivity contribution in [2.24, 2.45) is 0 Å². The van der Waals surface area contributed by atoms with Gasteiger partial charge < -0.3 is 24.6 Å². The van der Waals surface area contributed by atoms with Crippen LogP contribution in [-0.4, -0.2) is 44.8 Å². The Kier molecular flexibility index (Phi) is 5.82. The number of methoxy groups -OCH3 is 1. The molecule has 0 amide bonds. The van der Waals surface area contributed by atoms with Crippen LogP contribution in [-0.2, 0) is 5.60 Å². The van der Waals surface area contributed by atoms with E-state index in [0.717, 1.165) is 48.8 Å². The lowest BCUT2D eigenvalue weighted by molar-refractivity contribution is 0.0739. The minimum absolute atomic E-state index is 0.452. The van der Waals surface area contributed by atoms with E-state index in [9.17, 15) is 5.11 Å². The number of imidazole rings is 1. The molecule has 4 rings (SSSR count). The maximum atomic E-state index is 10.6. The first-order valence-electron chi connectivity index (χ1n) is 10.7. The largest absolute Gasteiger partial charge is 0.494 e. The predicted molar refractivity (Wildman–Crippen MR) is 121 cm³/mol. The Bertz CT molecular complexity index is 1050. The lowest BCUT2D eigenvalue weighted by Crippen LogP contribution is -2.31. The lowest BCUT2D eigenvalue weighted by Gasteiger charge is -2.29. The van der Waals surface area contributed by atoms with Crippen LogP contribution in [0.4, 0.5) is 17.5 Å². The molecule has 0 unspecified atom stereocenters. The van der Waals surface area contributed by atoms with E-state index in [4.69, 9.17) is 9.72 Å². The summed E-state index contributed by atoms with van der Waals surface area (Å²) in [6.07, 6.45) is 7.26. The van der Waals surface area contributed by atoms with Crippen LogP contribution in [0, 0.1) is 6.92 Å². The third-order valence-electron chi connectivity index (χ3n) is 5.45. The van der Waals surface area contributed by atoms with Crippen LogP contribution < -0.4 is 15.0 Å². The van der Waals surface area contributed by atoms with Gasteiger partial charge in [-0.1, -0.05) is 0 Å². The minimum Gasteiger partial charge on any atom is -0.494 e. The normalized spacial score (nSPS) is 14.5. The summed E-state index contributed by atoms with van der Waals surface area (Å²) in [6.45, 7) is 7.36. The number of hydrogen-bond acceptors (Lipinski definition) is 7. The number of nitrogens with zero attached hydrogens (tertiary/aromatic N) is 5. The number of hydrogen-bond donors (Lipinski definition) is 2. The molecule has 164 valence electrons. The van der Waals surface area contributed by atoms with Crippen LogP contribution in [0.3, 0.4) is 0 Å². The monoisotopic (exact) mass is 422 g/mol. The summed E-state index contributed by atoms with van der Waals surface area (Å²) < 4.78 is 7.53. The Labute approximate surface area is 182 Å². The summed E-state index contributed by atoms with van der Waals surface area (Å²) in [7, 11) is 1.65. The Hall–Kier alpha value is -3.13. The number of benzene rings is 1. The highest BCUT2D eigenvalue weighted by atomic mass is 16.5. The zero-order valence-electron chi connectivity index (χ0n) is 18.6. The summed E-state index contributed by atoms with van der Waals surface area (Å²) in [5, 5.41) is 13.9. The summed E-state index contributed by atoms with van der Waals surface area (Å²) in [5.41, 5.74) is 2.16. The maximum Gasteiger partial charge on any atom is 0.229 e. The summed E-state index contributed by atoms with van der Waals surface area (Å²) >= 11 is 0. The van der Waals surface area contributed by atoms with Gasteiger partial charge in [-0.15, -0.1) is 0 Å². The topological polar surface area (TPSA) is 88.3 Å². The number of ether oxygens (including phenoxy) is 1. The standard InChI is InChI=1S/C23H30N6O2/c1-16-14-29(15-24-16)18-9-8-17(12-19(18)31-4)25-22-26-20(23(2,3)30)13-21(27-22)28-10-6-5-7-11-28/h8-9,12-15,30H,5-7,10-11H2,1-4H3,(H,25,26,27). The van der Waals surface area contributed by atoms with Crippen LogP contribution in [0.1, 0.15) is 44.5 Å². The van der Waals surface area contributed by atoms with Crippen molar-refractivity contribution in [3.05, 3.63) is 48.2 Å². The SMILES string of the molecule is COc1cc(Nc2nc(N3CCCCC3)cc(C(C)(C)O)n2)ccc1-n1cnc(C)c1. The molecule has 3 heterocycles. The highest BCUT2D eigenvalue weighted by Crippen LogP contribution is 2.30. The second-order valence-corrected chi connectivity index (χ2v) is 8.48. The second kappa shape index (κ2) is 8.55. The first kappa shape index (κ1) is 21.1. The molecule has 1 aliphatic heterocycles. The molecule has 0 aliphatic carbocycles. The first-order valence-corrected chi connectivity index (χ1v) is 10.7. The van der Waals surface area contributed by atoms with E-state index < -0.39 is 5.60 Å². The van der Waals surface area contributed by atoms with Gasteiger partial charge in [-0.3, -0.25) is 0 Å². The maximum absolute atomic E-state index is 10.6. The Balaban J connectivity index is 1.66. The number of rotatable bonds is 6. The van der Waals surface area contributed by atoms with Gasteiger partial charge in [0.15, 0.2) is 0 Å². The third-order valence-corrected chi connectivity index (χ3v) is 5.45. The average Bonchev–Trinajstić information content (AvgIpc) is 3.19. The second-order valence-electron chi connectivity index (χ2n) is 8.48. The van der Waals surface area contributed by atoms with Crippen LogP contribution in [0.5, 0.6) is 5.75 Å². The zero-order chi connectivity index (χ0) is 22.0. The number of aromatic nitrogens is 4. The molecule has 0 bridgehead atoms. The molecule has 8 heteroatoms. The molecule has 0 atom stereocenters. The van der Waals surface area contributed by atoms with Gasteiger partial charge in [0.2, 0.25) is 5.95 Å². The van der Waals surface area contributed by atoms with Crippen LogP contribution in [0.25, 0.3) is 5.69 Å². The number of aliphatic hydroxyl groups is 1. The summed E-state index contributed by atoms with van der Waals surface area (Å²) in [4.78, 5) is 15.9. The van der Waals surface area contributed by atoms with Crippen molar-refractivity contribution < 1.29 is 9.84 Å². The van der Waals surface area contributed by atoms with E-state index in [1.807, 2.05) is 42.0 Å². The molecule has 3 aromatic rings. The number of anilines is 3. The molecule has 31 heavy (non-hydrogen) atoms. The van der Waals surface area contributed by atoms with Crippen molar-refractivity contribution >= 4 is 17.5 Å². The smallest absolute Gasteiger partial charge is 0.229 e. The fourth-order valence-electron chi connectivity index (χ4n) is 3.74. The zero-order valence-corrected chi connectivity index (χ0v) is 18.6. The molecule has 0 spiro atoms. The molecular formula is C23H30N6O2. The van der Waals surface area contributed by atoms with Crippen molar-refractivity contribution in [2.75, 3.05) is 30.4 Å². The Morgan fingerprint density at radius 2 is 1.87 bits per heavy atom. The molecule has 0 saturated carbocycles. The molecule has 0 radical (unpaired) electrons. The fraction of sp³-hybridized carbons (Fsp3) is 0.435. The summed E-state index contributed by atoms with van der Waals surface area (Å²) in [6, 6.07) is 7.72. The molecule has 1 saturated heterocycles. The van der Waals surface area contributed by atoms with E-state index in [1.54, 1.807) is 27.3 Å². The number of aryl methyl sites for hydroxylation is 1. The van der Waals surface area contributed by atoms with E-state index in [2.05, 4.69) is 20.2 Å². The van der Waals surface area contributed by atoms with E-state index in [0.29, 0.717) is 17.4 Å². The molecular weight excluding hydrogens is 392 g/mol. The van der Waals surface area contributed by atoms with Gasteiger partial charge in [0, 0.05) is 37.1 Å². The van der Waals surface area contributed by atoms with Gasteiger partial charge >= 0.3 is 0 Å². The van der Waals surface area contributed by atoms with E-state index in [1.165, 1.54) is 6.42 Å². The van der Waals surface area contributed by atoms with Crippen LogP contribution in [0.2, 0.25) is 0 Å². The van der Waals surface area contributed by atoms with Gasteiger partial charge in [0.05, 0.1) is 30.5 Å². The van der Waals surface area contributed by atoms with Crippen molar-refractivity contribution in [1.82, 2.24) is 19.5 Å². The van der Waals surface area contributed by atoms with Crippen molar-refractivity contribution in [3.8, 4) is 11.4 Å². The molecule has 1 aliphatic rings. The van der Waals surface area contributed by atoms with E-state index in [-0.39, 0.29) is 0 Å². The van der Waals surface area contributed by atoms with Gasteiger partial charge in [0.25, 0.3) is 0 Å². The minimum atomic E-state index is -1.06. The Morgan fingerprint density at radius 1 is 1.10 bits per heavy atom. The highest BCUT2D eigenvalue weighted by molar-refractivity contribution is 5.63. The number of piperidine rings is 1. The van der Waals surface area contributed by atoms with E-state index >= 15 is 0 Å². The fourth-order valence-corrected chi connectivity index (χ4v) is 3.74. The molecule has 1 fully saturated rings. The first-order chi connectivity index (χ1) is 14.8. The van der Waals surface area contributed by atoms with Crippen LogP contribution in [0.15, 0.2) is 36.8 Å². The third kappa shape index (κ3) is 4.80. The quantitative estimate of drug-likeness (QED) is 0.622. The Morgan fingerprint density at radius 3 is 2.52 bits per heavy atom. The van der Waals surface area contributed by atoms with Crippen molar-refractivity contribution in [3.63, 3.8) is 0 Å². The average molecular weight is 423 g/mol. The predicted octanol–water partition coefficient (Wildman–Crippen LogP) is 3.94. The molecule has 2 N–H and O–H groups in total. The van der Waals surface area contributed by atoms with Gasteiger partial charge in [-0.05, 0) is 52.2 Å². The summed E-state index contributed by atoms with van der Waals surface area (Å²) in [5.74, 6) is 2.00. The van der Waals surface area contributed by atoms with Gasteiger partial charge in [0.1, 0.15) is 17.2 Å². The molecule has 8 nitrogen and oxygen atoms in total. The lowest BCUT2D eigenvalue weighted by atomic mass is 10.0. The van der Waals surface area contributed by atoms with Crippen molar-refractivity contribution in [2.45, 2.75) is 45.6 Å². The number of nitrogens with one attached hydrogen (secondary N) is 1. The van der Waals surface area contributed by atoms with Gasteiger partial charge in [-0.2, -0.15) is 4.98 Å². The van der Waals surface area contributed by atoms with Crippen LogP contribution >= 0.6 is 0 Å². The highest BCUT2D eigenvalue weighted by Gasteiger charge is 2.23.